The van der Waals surface area contributed by atoms with Crippen molar-refractivity contribution in [2.45, 2.75) is 37.7 Å². The van der Waals surface area contributed by atoms with Crippen LogP contribution in [0.5, 0.6) is 0 Å². The van der Waals surface area contributed by atoms with E-state index in [4.69, 9.17) is 0 Å². The third kappa shape index (κ3) is 3.10. The van der Waals surface area contributed by atoms with Crippen LogP contribution < -0.4 is 4.72 Å². The van der Waals surface area contributed by atoms with E-state index in [0.717, 1.165) is 24.0 Å². The van der Waals surface area contributed by atoms with E-state index >= 15 is 0 Å². The van der Waals surface area contributed by atoms with E-state index < -0.39 is 16.1 Å². The first kappa shape index (κ1) is 13.5. The molecular weight excluding hydrogens is 250 g/mol. The quantitative estimate of drug-likeness (QED) is 0.848. The minimum absolute atomic E-state index is 0.0975. The Morgan fingerprint density at radius 1 is 1.39 bits per heavy atom. The minimum Gasteiger partial charge on any atom is -0.391 e. The van der Waals surface area contributed by atoms with Gasteiger partial charge in [0.05, 0.1) is 11.0 Å². The lowest BCUT2D eigenvalue weighted by atomic mass is 10.2. The summed E-state index contributed by atoms with van der Waals surface area (Å²) in [7, 11) is -3.52. The van der Waals surface area contributed by atoms with E-state index in [0.29, 0.717) is 0 Å². The third-order valence-corrected chi connectivity index (χ3v) is 4.85. The molecule has 0 aromatic heterocycles. The Labute approximate surface area is 108 Å². The molecule has 0 saturated heterocycles. The highest BCUT2D eigenvalue weighted by molar-refractivity contribution is 7.89. The molecule has 4 nitrogen and oxygen atoms in total. The second kappa shape index (κ2) is 4.99. The fourth-order valence-electron chi connectivity index (χ4n) is 2.02. The van der Waals surface area contributed by atoms with Crippen LogP contribution in [0.15, 0.2) is 23.1 Å². The van der Waals surface area contributed by atoms with Crippen molar-refractivity contribution in [3.63, 3.8) is 0 Å². The summed E-state index contributed by atoms with van der Waals surface area (Å²) >= 11 is 0. The highest BCUT2D eigenvalue weighted by atomic mass is 32.2. The standard InChI is InChI=1S/C13H19NO3S/c1-9-3-6-13(10(2)7-9)18(16,17)14-8-12(15)11-4-5-11/h3,6-7,11-12,14-15H,4-5,8H2,1-2H3. The molecule has 2 N–H and O–H groups in total. The summed E-state index contributed by atoms with van der Waals surface area (Å²) in [5.41, 5.74) is 1.76. The molecule has 1 saturated carbocycles. The molecule has 0 aliphatic heterocycles. The van der Waals surface area contributed by atoms with Gasteiger partial charge in [-0.25, -0.2) is 13.1 Å². The molecule has 1 fully saturated rings. The molecule has 0 radical (unpaired) electrons. The zero-order valence-electron chi connectivity index (χ0n) is 10.7. The molecule has 0 heterocycles. The second-order valence-corrected chi connectivity index (χ2v) is 6.76. The fourth-order valence-corrected chi connectivity index (χ4v) is 3.30. The number of nitrogens with one attached hydrogen (secondary N) is 1. The maximum absolute atomic E-state index is 12.1. The molecule has 1 aliphatic carbocycles. The Kier molecular flexibility index (Phi) is 3.75. The lowest BCUT2D eigenvalue weighted by Gasteiger charge is -2.13. The van der Waals surface area contributed by atoms with Gasteiger partial charge in [-0.1, -0.05) is 17.7 Å². The van der Waals surface area contributed by atoms with E-state index in [9.17, 15) is 13.5 Å². The van der Waals surface area contributed by atoms with Crippen molar-refractivity contribution in [3.05, 3.63) is 29.3 Å². The molecule has 0 bridgehead atoms. The SMILES string of the molecule is Cc1ccc(S(=O)(=O)NCC(O)C2CC2)c(C)c1. The van der Waals surface area contributed by atoms with Crippen LogP contribution in [0.2, 0.25) is 0 Å². The van der Waals surface area contributed by atoms with Crippen LogP contribution in [0.1, 0.15) is 24.0 Å². The van der Waals surface area contributed by atoms with E-state index in [2.05, 4.69) is 4.72 Å². The number of aliphatic hydroxyl groups is 1. The number of benzene rings is 1. The van der Waals surface area contributed by atoms with Gasteiger partial charge in [0.15, 0.2) is 0 Å². The number of sulfonamides is 1. The molecule has 100 valence electrons. The van der Waals surface area contributed by atoms with Crippen LogP contribution in [0.4, 0.5) is 0 Å². The maximum atomic E-state index is 12.1. The van der Waals surface area contributed by atoms with Crippen molar-refractivity contribution in [1.82, 2.24) is 4.72 Å². The molecule has 1 aliphatic rings. The first-order chi connectivity index (χ1) is 8.40. The van der Waals surface area contributed by atoms with Gasteiger partial charge in [-0.05, 0) is 44.2 Å². The van der Waals surface area contributed by atoms with Crippen molar-refractivity contribution in [2.75, 3.05) is 6.54 Å². The van der Waals surface area contributed by atoms with Crippen LogP contribution in [-0.2, 0) is 10.0 Å². The summed E-state index contributed by atoms with van der Waals surface area (Å²) in [5, 5.41) is 9.69. The summed E-state index contributed by atoms with van der Waals surface area (Å²) in [6, 6.07) is 5.22. The van der Waals surface area contributed by atoms with E-state index in [1.807, 2.05) is 13.0 Å². The number of hydrogen-bond acceptors (Lipinski definition) is 3. The zero-order chi connectivity index (χ0) is 13.3. The summed E-state index contributed by atoms with van der Waals surface area (Å²) in [6.07, 6.45) is 1.42. The zero-order valence-corrected chi connectivity index (χ0v) is 11.5. The summed E-state index contributed by atoms with van der Waals surface area (Å²) in [5.74, 6) is 0.270. The maximum Gasteiger partial charge on any atom is 0.240 e. The number of hydrogen-bond donors (Lipinski definition) is 2. The van der Waals surface area contributed by atoms with Gasteiger partial charge < -0.3 is 5.11 Å². The van der Waals surface area contributed by atoms with Crippen molar-refractivity contribution in [1.29, 1.82) is 0 Å². The topological polar surface area (TPSA) is 66.4 Å². The van der Waals surface area contributed by atoms with Crippen molar-refractivity contribution in [2.24, 2.45) is 5.92 Å². The number of aryl methyl sites for hydroxylation is 2. The number of rotatable bonds is 5. The van der Waals surface area contributed by atoms with Crippen molar-refractivity contribution >= 4 is 10.0 Å². The van der Waals surface area contributed by atoms with Crippen molar-refractivity contribution in [3.8, 4) is 0 Å². The Morgan fingerprint density at radius 2 is 2.06 bits per heavy atom. The van der Waals surface area contributed by atoms with Gasteiger partial charge in [-0.15, -0.1) is 0 Å². The molecule has 0 amide bonds. The minimum atomic E-state index is -3.52. The van der Waals surface area contributed by atoms with Gasteiger partial charge in [0.1, 0.15) is 0 Å². The van der Waals surface area contributed by atoms with E-state index in [-0.39, 0.29) is 17.4 Å². The molecule has 1 aromatic carbocycles. The van der Waals surface area contributed by atoms with Gasteiger partial charge >= 0.3 is 0 Å². The molecule has 5 heteroatoms. The molecule has 1 aromatic rings. The monoisotopic (exact) mass is 269 g/mol. The average Bonchev–Trinajstić information content (AvgIpc) is 3.09. The summed E-state index contributed by atoms with van der Waals surface area (Å²) in [4.78, 5) is 0.288. The fraction of sp³-hybridized carbons (Fsp3) is 0.538. The molecule has 1 atom stereocenters. The molecule has 18 heavy (non-hydrogen) atoms. The van der Waals surface area contributed by atoms with Gasteiger partial charge in [0, 0.05) is 6.54 Å². The van der Waals surface area contributed by atoms with Gasteiger partial charge in [-0.2, -0.15) is 0 Å². The predicted molar refractivity (Wildman–Crippen MR) is 69.8 cm³/mol. The normalized spacial score (nSPS) is 17.7. The molecular formula is C13H19NO3S. The Morgan fingerprint density at radius 3 is 2.61 bits per heavy atom. The Hall–Kier alpha value is -0.910. The molecule has 1 unspecified atom stereocenters. The van der Waals surface area contributed by atoms with Crippen molar-refractivity contribution < 1.29 is 13.5 Å². The average molecular weight is 269 g/mol. The van der Waals surface area contributed by atoms with Crippen LogP contribution in [0.25, 0.3) is 0 Å². The molecule has 0 spiro atoms. The third-order valence-electron chi connectivity index (χ3n) is 3.27. The Bertz CT molecular complexity index is 535. The van der Waals surface area contributed by atoms with Gasteiger partial charge in [-0.3, -0.25) is 0 Å². The highest BCUT2D eigenvalue weighted by Crippen LogP contribution is 2.32. The lowest BCUT2D eigenvalue weighted by Crippen LogP contribution is -2.33. The van der Waals surface area contributed by atoms with Crippen LogP contribution in [-0.4, -0.2) is 26.2 Å². The Balaban J connectivity index is 2.09. The van der Waals surface area contributed by atoms with Crippen LogP contribution in [0.3, 0.4) is 0 Å². The summed E-state index contributed by atoms with van der Waals surface area (Å²) < 4.78 is 26.7. The molecule has 2 rings (SSSR count). The van der Waals surface area contributed by atoms with Gasteiger partial charge in [0.2, 0.25) is 10.0 Å². The van der Waals surface area contributed by atoms with E-state index in [1.165, 1.54) is 0 Å². The first-order valence-electron chi connectivity index (χ1n) is 6.15. The first-order valence-corrected chi connectivity index (χ1v) is 7.63. The highest BCUT2D eigenvalue weighted by Gasteiger charge is 2.30. The lowest BCUT2D eigenvalue weighted by molar-refractivity contribution is 0.155. The van der Waals surface area contributed by atoms with Gasteiger partial charge in [0.25, 0.3) is 0 Å². The smallest absolute Gasteiger partial charge is 0.240 e. The van der Waals surface area contributed by atoms with Crippen LogP contribution >= 0.6 is 0 Å². The largest absolute Gasteiger partial charge is 0.391 e. The van der Waals surface area contributed by atoms with Crippen LogP contribution in [0, 0.1) is 19.8 Å². The van der Waals surface area contributed by atoms with E-state index in [1.54, 1.807) is 19.1 Å². The predicted octanol–water partition coefficient (Wildman–Crippen LogP) is 1.35. The summed E-state index contributed by atoms with van der Waals surface area (Å²) in [6.45, 7) is 3.80. The number of aliphatic hydroxyl groups excluding tert-OH is 1. The second-order valence-electron chi connectivity index (χ2n) is 5.03.